The second kappa shape index (κ2) is 3.24. The van der Waals surface area contributed by atoms with Crippen molar-refractivity contribution >= 4 is 11.9 Å². The van der Waals surface area contributed by atoms with Gasteiger partial charge >= 0.3 is 6.03 Å². The molecule has 5 nitrogen and oxygen atoms in total. The van der Waals surface area contributed by atoms with Gasteiger partial charge in [0.15, 0.2) is 0 Å². The molecule has 0 spiro atoms. The maximum Gasteiger partial charge on any atom is 0.327 e. The van der Waals surface area contributed by atoms with E-state index in [-0.39, 0.29) is 24.5 Å². The van der Waals surface area contributed by atoms with E-state index in [1.54, 1.807) is 7.05 Å². The molecule has 0 aromatic rings. The molecule has 0 aromatic carbocycles. The highest BCUT2D eigenvalue weighted by Gasteiger charge is 2.43. The molecule has 1 saturated heterocycles. The molecular weight excluding hydrogens is 184 g/mol. The Hall–Kier alpha value is -1.10. The van der Waals surface area contributed by atoms with Gasteiger partial charge in [0.05, 0.1) is 12.1 Å². The van der Waals surface area contributed by atoms with Crippen molar-refractivity contribution in [2.45, 2.75) is 31.4 Å². The largest absolute Gasteiger partial charge is 0.391 e. The second-order valence-electron chi connectivity index (χ2n) is 3.97. The van der Waals surface area contributed by atoms with Gasteiger partial charge in [0, 0.05) is 7.05 Å². The van der Waals surface area contributed by atoms with Gasteiger partial charge in [-0.25, -0.2) is 4.79 Å². The van der Waals surface area contributed by atoms with Crippen LogP contribution in [0.1, 0.15) is 19.3 Å². The lowest BCUT2D eigenvalue weighted by Crippen LogP contribution is -2.44. The Morgan fingerprint density at radius 3 is 2.50 bits per heavy atom. The minimum Gasteiger partial charge on any atom is -0.391 e. The van der Waals surface area contributed by atoms with Gasteiger partial charge in [-0.1, -0.05) is 0 Å². The molecule has 1 N–H and O–H groups in total. The van der Waals surface area contributed by atoms with Crippen molar-refractivity contribution in [1.29, 1.82) is 0 Å². The minimum atomic E-state index is -0.533. The van der Waals surface area contributed by atoms with Crippen molar-refractivity contribution < 1.29 is 14.7 Å². The lowest BCUT2D eigenvalue weighted by Gasteiger charge is -2.24. The van der Waals surface area contributed by atoms with Crippen molar-refractivity contribution in [3.05, 3.63) is 0 Å². The molecule has 14 heavy (non-hydrogen) atoms. The average molecular weight is 198 g/mol. The summed E-state index contributed by atoms with van der Waals surface area (Å²) >= 11 is 0. The Morgan fingerprint density at radius 2 is 2.07 bits per heavy atom. The summed E-state index contributed by atoms with van der Waals surface area (Å²) in [6.07, 6.45) is 1.76. The number of likely N-dealkylation sites (N-methyl/N-ethyl adjacent to an activating group) is 1. The van der Waals surface area contributed by atoms with E-state index in [1.807, 2.05) is 0 Å². The van der Waals surface area contributed by atoms with Gasteiger partial charge in [-0.15, -0.1) is 0 Å². The number of carbonyl (C=O) groups excluding carboxylic acids is 2. The first-order valence-electron chi connectivity index (χ1n) is 4.86. The van der Waals surface area contributed by atoms with Crippen LogP contribution in [-0.4, -0.2) is 52.6 Å². The van der Waals surface area contributed by atoms with E-state index in [1.165, 1.54) is 9.80 Å². The monoisotopic (exact) mass is 198 g/mol. The molecule has 1 aliphatic carbocycles. The van der Waals surface area contributed by atoms with Crippen LogP contribution in [0.3, 0.4) is 0 Å². The van der Waals surface area contributed by atoms with Gasteiger partial charge in [-0.3, -0.25) is 9.69 Å². The van der Waals surface area contributed by atoms with Gasteiger partial charge in [0.1, 0.15) is 6.54 Å². The van der Waals surface area contributed by atoms with Gasteiger partial charge in [0.2, 0.25) is 0 Å². The third-order valence-electron chi connectivity index (χ3n) is 2.95. The van der Waals surface area contributed by atoms with E-state index < -0.39 is 6.10 Å². The standard InChI is InChI=1S/C9H14N2O3/c1-10-5-8(13)11(9(10)14)6-3-2-4-7(6)12/h6-7,12H,2-5H2,1H3/t6-,7-/m0/s1. The average Bonchev–Trinajstić information content (AvgIpc) is 2.60. The van der Waals surface area contributed by atoms with E-state index in [0.29, 0.717) is 6.42 Å². The molecular formula is C9H14N2O3. The molecule has 1 saturated carbocycles. The zero-order valence-corrected chi connectivity index (χ0v) is 8.14. The Kier molecular flexibility index (Phi) is 2.19. The molecule has 0 bridgehead atoms. The number of hydrogen-bond donors (Lipinski definition) is 1. The van der Waals surface area contributed by atoms with Crippen LogP contribution < -0.4 is 0 Å². The summed E-state index contributed by atoms with van der Waals surface area (Å²) in [6, 6.07) is -0.569. The molecule has 0 aromatic heterocycles. The first kappa shape index (κ1) is 9.45. The number of hydrogen-bond acceptors (Lipinski definition) is 3. The summed E-state index contributed by atoms with van der Waals surface area (Å²) < 4.78 is 0. The molecule has 2 fully saturated rings. The highest BCUT2D eigenvalue weighted by atomic mass is 16.3. The lowest BCUT2D eigenvalue weighted by atomic mass is 10.2. The van der Waals surface area contributed by atoms with Crippen LogP contribution in [0.25, 0.3) is 0 Å². The fourth-order valence-electron chi connectivity index (χ4n) is 2.19. The summed E-state index contributed by atoms with van der Waals surface area (Å²) in [5.41, 5.74) is 0. The molecule has 2 aliphatic rings. The molecule has 1 heterocycles. The third-order valence-corrected chi connectivity index (χ3v) is 2.95. The Bertz CT molecular complexity index is 279. The number of aliphatic hydroxyl groups excluding tert-OH is 1. The number of nitrogens with zero attached hydrogens (tertiary/aromatic N) is 2. The molecule has 0 radical (unpaired) electrons. The number of imide groups is 1. The fraction of sp³-hybridized carbons (Fsp3) is 0.778. The van der Waals surface area contributed by atoms with E-state index in [2.05, 4.69) is 0 Å². The van der Waals surface area contributed by atoms with E-state index in [4.69, 9.17) is 0 Å². The van der Waals surface area contributed by atoms with Crippen molar-refractivity contribution in [1.82, 2.24) is 9.80 Å². The number of amides is 3. The molecule has 3 amide bonds. The Morgan fingerprint density at radius 1 is 1.36 bits per heavy atom. The number of rotatable bonds is 1. The van der Waals surface area contributed by atoms with Crippen molar-refractivity contribution in [2.24, 2.45) is 0 Å². The molecule has 78 valence electrons. The topological polar surface area (TPSA) is 60.9 Å². The van der Waals surface area contributed by atoms with Gasteiger partial charge in [-0.05, 0) is 19.3 Å². The van der Waals surface area contributed by atoms with Crippen LogP contribution >= 0.6 is 0 Å². The predicted octanol–water partition coefficient (Wildman–Crippen LogP) is -0.206. The van der Waals surface area contributed by atoms with Crippen molar-refractivity contribution in [2.75, 3.05) is 13.6 Å². The zero-order chi connectivity index (χ0) is 10.3. The quantitative estimate of drug-likeness (QED) is 0.593. The summed E-state index contributed by atoms with van der Waals surface area (Å²) in [5.74, 6) is -0.191. The highest BCUT2D eigenvalue weighted by Crippen LogP contribution is 2.27. The SMILES string of the molecule is CN1CC(=O)N([C@H]2CCC[C@@H]2O)C1=O. The molecule has 2 rings (SSSR count). The van der Waals surface area contributed by atoms with Gasteiger partial charge < -0.3 is 10.0 Å². The Balaban J connectivity index is 2.17. The van der Waals surface area contributed by atoms with Crippen molar-refractivity contribution in [3.63, 3.8) is 0 Å². The number of aliphatic hydroxyl groups is 1. The molecule has 0 unspecified atom stereocenters. The summed E-state index contributed by atoms with van der Waals surface area (Å²) in [6.45, 7) is 0.141. The number of carbonyl (C=O) groups is 2. The minimum absolute atomic E-state index is 0.141. The van der Waals surface area contributed by atoms with Crippen LogP contribution in [0, 0.1) is 0 Å². The predicted molar refractivity (Wildman–Crippen MR) is 48.5 cm³/mol. The van der Waals surface area contributed by atoms with E-state index in [9.17, 15) is 14.7 Å². The molecule has 1 aliphatic heterocycles. The zero-order valence-electron chi connectivity index (χ0n) is 8.14. The van der Waals surface area contributed by atoms with E-state index >= 15 is 0 Å². The maximum atomic E-state index is 11.6. The normalized spacial score (nSPS) is 33.3. The molecule has 5 heteroatoms. The summed E-state index contributed by atoms with van der Waals surface area (Å²) in [7, 11) is 1.60. The third kappa shape index (κ3) is 1.28. The van der Waals surface area contributed by atoms with Crippen LogP contribution in [-0.2, 0) is 4.79 Å². The highest BCUT2D eigenvalue weighted by molar-refractivity contribution is 6.02. The first-order valence-corrected chi connectivity index (χ1v) is 4.86. The van der Waals surface area contributed by atoms with Gasteiger partial charge in [-0.2, -0.15) is 0 Å². The Labute approximate surface area is 82.3 Å². The summed E-state index contributed by atoms with van der Waals surface area (Å²) in [5, 5.41) is 9.61. The maximum absolute atomic E-state index is 11.6. The fourth-order valence-corrected chi connectivity index (χ4v) is 2.19. The first-order chi connectivity index (χ1) is 6.61. The lowest BCUT2D eigenvalue weighted by molar-refractivity contribution is -0.128. The van der Waals surface area contributed by atoms with E-state index in [0.717, 1.165) is 12.8 Å². The van der Waals surface area contributed by atoms with Crippen molar-refractivity contribution in [3.8, 4) is 0 Å². The molecule has 2 atom stereocenters. The van der Waals surface area contributed by atoms with Crippen LogP contribution in [0.4, 0.5) is 4.79 Å². The van der Waals surface area contributed by atoms with Crippen LogP contribution in [0.2, 0.25) is 0 Å². The smallest absolute Gasteiger partial charge is 0.327 e. The number of urea groups is 1. The second-order valence-corrected chi connectivity index (χ2v) is 3.97. The van der Waals surface area contributed by atoms with Gasteiger partial charge in [0.25, 0.3) is 5.91 Å². The van der Waals surface area contributed by atoms with Crippen LogP contribution in [0.15, 0.2) is 0 Å². The van der Waals surface area contributed by atoms with Crippen LogP contribution in [0.5, 0.6) is 0 Å². The summed E-state index contributed by atoms with van der Waals surface area (Å²) in [4.78, 5) is 25.7.